The van der Waals surface area contributed by atoms with E-state index in [4.69, 9.17) is 18.9 Å². The maximum absolute atomic E-state index is 12.8. The minimum absolute atomic E-state index is 0.0697. The molecule has 1 aromatic heterocycles. The summed E-state index contributed by atoms with van der Waals surface area (Å²) in [4.78, 5) is 25.5. The number of nitrogens with zero attached hydrogens (tertiary/aromatic N) is 2. The van der Waals surface area contributed by atoms with Crippen LogP contribution in [0, 0.1) is 6.92 Å². The molecule has 5 rings (SSSR count). The highest BCUT2D eigenvalue weighted by atomic mass is 16.6. The van der Waals surface area contributed by atoms with Crippen molar-refractivity contribution in [3.8, 4) is 34.1 Å². The standard InChI is InChI=1S/C24H24N4O6/c1-13-22(14-4-6-17(31-2)19(10-14)32-3)23-26-24(30)16(28(23)27-13)12-21(29)25-15-5-7-18-20(11-15)34-9-8-33-18/h4-7,10-11,16H,8-9,12H2,1-3H3,(H,25,29)(H,26,30). The molecule has 2 aromatic carbocycles. The number of benzene rings is 2. The van der Waals surface area contributed by atoms with E-state index >= 15 is 0 Å². The molecule has 1 unspecified atom stereocenters. The molecule has 0 fully saturated rings. The zero-order valence-electron chi connectivity index (χ0n) is 19.0. The van der Waals surface area contributed by atoms with Gasteiger partial charge in [-0.05, 0) is 36.8 Å². The second-order valence-electron chi connectivity index (χ2n) is 7.94. The molecular formula is C24H24N4O6. The molecular weight excluding hydrogens is 440 g/mol. The molecule has 2 aliphatic heterocycles. The summed E-state index contributed by atoms with van der Waals surface area (Å²) < 4.78 is 23.4. The van der Waals surface area contributed by atoms with Gasteiger partial charge in [0.15, 0.2) is 23.0 Å². The van der Waals surface area contributed by atoms with Gasteiger partial charge >= 0.3 is 0 Å². The van der Waals surface area contributed by atoms with Crippen molar-refractivity contribution in [3.05, 3.63) is 42.1 Å². The second kappa shape index (κ2) is 8.62. The topological polar surface area (TPSA) is 113 Å². The van der Waals surface area contributed by atoms with E-state index < -0.39 is 6.04 Å². The number of anilines is 2. The van der Waals surface area contributed by atoms with Crippen LogP contribution in [0.25, 0.3) is 11.1 Å². The number of carbonyl (C=O) groups is 2. The Balaban J connectivity index is 1.37. The molecule has 3 aromatic rings. The molecule has 10 heteroatoms. The summed E-state index contributed by atoms with van der Waals surface area (Å²) in [5.74, 6) is 2.33. The number of hydrogen-bond acceptors (Lipinski definition) is 7. The van der Waals surface area contributed by atoms with E-state index in [0.29, 0.717) is 47.7 Å². The van der Waals surface area contributed by atoms with E-state index in [9.17, 15) is 9.59 Å². The Morgan fingerprint density at radius 2 is 1.88 bits per heavy atom. The van der Waals surface area contributed by atoms with Crippen molar-refractivity contribution in [2.45, 2.75) is 19.4 Å². The van der Waals surface area contributed by atoms with Gasteiger partial charge in [0.05, 0.1) is 26.3 Å². The molecule has 176 valence electrons. The van der Waals surface area contributed by atoms with Crippen LogP contribution in [0.2, 0.25) is 0 Å². The molecule has 1 atom stereocenters. The highest BCUT2D eigenvalue weighted by Crippen LogP contribution is 2.41. The Morgan fingerprint density at radius 3 is 2.65 bits per heavy atom. The first-order valence-corrected chi connectivity index (χ1v) is 10.8. The molecule has 2 amide bonds. The fourth-order valence-corrected chi connectivity index (χ4v) is 4.23. The lowest BCUT2D eigenvalue weighted by molar-refractivity contribution is -0.123. The summed E-state index contributed by atoms with van der Waals surface area (Å²) in [7, 11) is 3.14. The zero-order valence-corrected chi connectivity index (χ0v) is 19.0. The molecule has 0 saturated heterocycles. The first kappa shape index (κ1) is 21.6. The van der Waals surface area contributed by atoms with Crippen LogP contribution < -0.4 is 29.6 Å². The quantitative estimate of drug-likeness (QED) is 0.576. The van der Waals surface area contributed by atoms with Crippen LogP contribution in [0.15, 0.2) is 36.4 Å². The van der Waals surface area contributed by atoms with Crippen LogP contribution >= 0.6 is 0 Å². The fourth-order valence-electron chi connectivity index (χ4n) is 4.23. The SMILES string of the molecule is COc1ccc(-c2c(C)nn3c2NC(=O)C3CC(=O)Nc2ccc3c(c2)OCCO3)cc1OC. The minimum Gasteiger partial charge on any atom is -0.493 e. The number of fused-ring (bicyclic) bond motifs is 2. The van der Waals surface area contributed by atoms with Crippen LogP contribution in [0.5, 0.6) is 23.0 Å². The number of ether oxygens (including phenoxy) is 4. The van der Waals surface area contributed by atoms with E-state index in [2.05, 4.69) is 15.7 Å². The van der Waals surface area contributed by atoms with Crippen LogP contribution in [0.3, 0.4) is 0 Å². The van der Waals surface area contributed by atoms with Gasteiger partial charge in [-0.1, -0.05) is 6.07 Å². The molecule has 0 bridgehead atoms. The monoisotopic (exact) mass is 464 g/mol. The lowest BCUT2D eigenvalue weighted by Crippen LogP contribution is -2.24. The van der Waals surface area contributed by atoms with E-state index in [1.807, 2.05) is 19.1 Å². The third kappa shape index (κ3) is 3.76. The van der Waals surface area contributed by atoms with Crippen molar-refractivity contribution in [3.63, 3.8) is 0 Å². The first-order chi connectivity index (χ1) is 16.5. The van der Waals surface area contributed by atoms with Gasteiger partial charge in [0.25, 0.3) is 5.91 Å². The lowest BCUT2D eigenvalue weighted by atomic mass is 10.1. The van der Waals surface area contributed by atoms with Crippen molar-refractivity contribution < 1.29 is 28.5 Å². The van der Waals surface area contributed by atoms with Gasteiger partial charge in [0.1, 0.15) is 25.1 Å². The predicted molar refractivity (Wildman–Crippen MR) is 124 cm³/mol. The van der Waals surface area contributed by atoms with E-state index in [1.54, 1.807) is 43.2 Å². The number of nitrogens with one attached hydrogen (secondary N) is 2. The summed E-state index contributed by atoms with van der Waals surface area (Å²) >= 11 is 0. The normalized spacial score (nSPS) is 16.0. The Bertz CT molecular complexity index is 1280. The van der Waals surface area contributed by atoms with Gasteiger partial charge in [-0.2, -0.15) is 5.10 Å². The smallest absolute Gasteiger partial charge is 0.251 e. The summed E-state index contributed by atoms with van der Waals surface area (Å²) in [6.45, 7) is 2.80. The summed E-state index contributed by atoms with van der Waals surface area (Å²) in [6.07, 6.45) is -0.0697. The molecule has 2 aliphatic rings. The molecule has 34 heavy (non-hydrogen) atoms. The number of aryl methyl sites for hydroxylation is 1. The molecule has 0 radical (unpaired) electrons. The van der Waals surface area contributed by atoms with Gasteiger partial charge in [-0.15, -0.1) is 0 Å². The van der Waals surface area contributed by atoms with Crippen LogP contribution in [-0.2, 0) is 9.59 Å². The fraction of sp³-hybridized carbons (Fsp3) is 0.292. The Kier molecular flexibility index (Phi) is 5.48. The van der Waals surface area contributed by atoms with Crippen molar-refractivity contribution in [1.82, 2.24) is 9.78 Å². The predicted octanol–water partition coefficient (Wildman–Crippen LogP) is 3.17. The molecule has 3 heterocycles. The number of amides is 2. The number of aromatic nitrogens is 2. The molecule has 0 saturated carbocycles. The Labute approximate surface area is 195 Å². The second-order valence-corrected chi connectivity index (χ2v) is 7.94. The number of hydrogen-bond donors (Lipinski definition) is 2. The Morgan fingerprint density at radius 1 is 1.12 bits per heavy atom. The van der Waals surface area contributed by atoms with Crippen LogP contribution in [0.4, 0.5) is 11.5 Å². The average molecular weight is 464 g/mol. The van der Waals surface area contributed by atoms with Gasteiger partial charge in [-0.3, -0.25) is 9.59 Å². The summed E-state index contributed by atoms with van der Waals surface area (Å²) in [5, 5.41) is 10.3. The number of rotatable bonds is 6. The number of methoxy groups -OCH3 is 2. The highest BCUT2D eigenvalue weighted by Gasteiger charge is 2.36. The third-order valence-electron chi connectivity index (χ3n) is 5.80. The van der Waals surface area contributed by atoms with Crippen molar-refractivity contribution in [2.75, 3.05) is 38.1 Å². The van der Waals surface area contributed by atoms with Gasteiger partial charge in [0.2, 0.25) is 5.91 Å². The highest BCUT2D eigenvalue weighted by molar-refractivity contribution is 6.04. The van der Waals surface area contributed by atoms with E-state index in [0.717, 1.165) is 16.8 Å². The molecule has 0 aliphatic carbocycles. The van der Waals surface area contributed by atoms with Gasteiger partial charge in [0, 0.05) is 17.3 Å². The lowest BCUT2D eigenvalue weighted by Gasteiger charge is -2.19. The zero-order chi connectivity index (χ0) is 23.8. The van der Waals surface area contributed by atoms with E-state index in [1.165, 1.54) is 0 Å². The molecule has 0 spiro atoms. The summed E-state index contributed by atoms with van der Waals surface area (Å²) in [5.41, 5.74) is 2.87. The van der Waals surface area contributed by atoms with Crippen molar-refractivity contribution in [2.24, 2.45) is 0 Å². The molecule has 2 N–H and O–H groups in total. The average Bonchev–Trinajstić information content (AvgIpc) is 3.31. The van der Waals surface area contributed by atoms with Crippen molar-refractivity contribution >= 4 is 23.3 Å². The Hall–Kier alpha value is -4.21. The summed E-state index contributed by atoms with van der Waals surface area (Å²) in [6, 6.07) is 9.93. The molecule has 10 nitrogen and oxygen atoms in total. The van der Waals surface area contributed by atoms with Crippen molar-refractivity contribution in [1.29, 1.82) is 0 Å². The van der Waals surface area contributed by atoms with Gasteiger partial charge < -0.3 is 29.6 Å². The van der Waals surface area contributed by atoms with E-state index in [-0.39, 0.29) is 18.2 Å². The maximum Gasteiger partial charge on any atom is 0.251 e. The maximum atomic E-state index is 12.8. The third-order valence-corrected chi connectivity index (χ3v) is 5.80. The minimum atomic E-state index is -0.764. The largest absolute Gasteiger partial charge is 0.493 e. The first-order valence-electron chi connectivity index (χ1n) is 10.8. The van der Waals surface area contributed by atoms with Crippen LogP contribution in [0.1, 0.15) is 18.2 Å². The number of carbonyl (C=O) groups excluding carboxylic acids is 2. The van der Waals surface area contributed by atoms with Crippen LogP contribution in [-0.4, -0.2) is 49.0 Å². The van der Waals surface area contributed by atoms with Gasteiger partial charge in [-0.25, -0.2) is 4.68 Å².